The van der Waals surface area contributed by atoms with E-state index in [-0.39, 0.29) is 18.1 Å². The highest BCUT2D eigenvalue weighted by Crippen LogP contribution is 2.42. The first kappa shape index (κ1) is 21.3. The second-order valence-corrected chi connectivity index (χ2v) is 9.99. The van der Waals surface area contributed by atoms with E-state index in [1.165, 1.54) is 0 Å². The molecule has 1 fully saturated rings. The van der Waals surface area contributed by atoms with Crippen LogP contribution in [-0.2, 0) is 10.0 Å². The molecule has 2 N–H and O–H groups in total. The Hall–Kier alpha value is -2.91. The van der Waals surface area contributed by atoms with Crippen LogP contribution in [0.3, 0.4) is 0 Å². The molecule has 31 heavy (non-hydrogen) atoms. The van der Waals surface area contributed by atoms with Crippen LogP contribution in [0, 0.1) is 0 Å². The van der Waals surface area contributed by atoms with E-state index in [1.807, 2.05) is 36.4 Å². The molecule has 1 aromatic carbocycles. The number of pyridine rings is 1. The van der Waals surface area contributed by atoms with Crippen LogP contribution in [0.4, 0.5) is 11.4 Å². The van der Waals surface area contributed by atoms with Gasteiger partial charge in [-0.15, -0.1) is 0 Å². The topological polar surface area (TPSA) is 79.3 Å². The van der Waals surface area contributed by atoms with Crippen molar-refractivity contribution in [1.82, 2.24) is 14.9 Å². The summed E-state index contributed by atoms with van der Waals surface area (Å²) in [6.07, 6.45) is 5.00. The first-order chi connectivity index (χ1) is 14.7. The Balaban J connectivity index is 1.78. The number of nitrogens with one attached hydrogen (secondary N) is 2. The molecule has 4 rings (SSSR count). The highest BCUT2D eigenvalue weighted by Gasteiger charge is 2.42. The van der Waals surface area contributed by atoms with E-state index in [9.17, 15) is 8.42 Å². The maximum absolute atomic E-state index is 11.5. The van der Waals surface area contributed by atoms with Gasteiger partial charge in [0.25, 0.3) is 0 Å². The molecule has 2 aromatic heterocycles. The lowest BCUT2D eigenvalue weighted by atomic mass is 10.0. The van der Waals surface area contributed by atoms with Crippen molar-refractivity contribution in [1.29, 1.82) is 0 Å². The van der Waals surface area contributed by atoms with Gasteiger partial charge in [0.1, 0.15) is 6.04 Å². The van der Waals surface area contributed by atoms with Crippen LogP contribution in [0.5, 0.6) is 0 Å². The van der Waals surface area contributed by atoms with E-state index in [4.69, 9.17) is 12.2 Å². The molecule has 1 aliphatic heterocycles. The summed E-state index contributed by atoms with van der Waals surface area (Å²) in [5.41, 5.74) is 3.41. The van der Waals surface area contributed by atoms with Gasteiger partial charge in [-0.1, -0.05) is 6.07 Å². The molecule has 0 amide bonds. The second-order valence-electron chi connectivity index (χ2n) is 7.85. The zero-order chi connectivity index (χ0) is 22.2. The van der Waals surface area contributed by atoms with Crippen molar-refractivity contribution in [2.45, 2.75) is 32.0 Å². The molecular weight excluding hydrogens is 430 g/mol. The molecule has 0 saturated carbocycles. The number of aromatic nitrogens is 2. The average Bonchev–Trinajstić information content (AvgIpc) is 3.32. The molecule has 0 bridgehead atoms. The Bertz CT molecular complexity index is 1170. The van der Waals surface area contributed by atoms with E-state index in [2.05, 4.69) is 50.6 Å². The Labute approximate surface area is 188 Å². The monoisotopic (exact) mass is 455 g/mol. The van der Waals surface area contributed by atoms with Crippen LogP contribution in [0.2, 0.25) is 0 Å². The normalized spacial score (nSPS) is 19.0. The van der Waals surface area contributed by atoms with Crippen LogP contribution in [-0.4, -0.2) is 29.3 Å². The molecule has 1 saturated heterocycles. The van der Waals surface area contributed by atoms with Crippen molar-refractivity contribution < 1.29 is 8.42 Å². The van der Waals surface area contributed by atoms with Gasteiger partial charge in [-0.25, -0.2) is 8.42 Å². The average molecular weight is 456 g/mol. The van der Waals surface area contributed by atoms with Crippen molar-refractivity contribution in [3.8, 4) is 0 Å². The number of rotatable bonds is 6. The van der Waals surface area contributed by atoms with Gasteiger partial charge in [-0.3, -0.25) is 9.71 Å². The molecule has 0 unspecified atom stereocenters. The van der Waals surface area contributed by atoms with Gasteiger partial charge in [0.05, 0.1) is 18.0 Å². The van der Waals surface area contributed by atoms with Crippen molar-refractivity contribution in [3.63, 3.8) is 0 Å². The number of benzene rings is 1. The third-order valence-electron chi connectivity index (χ3n) is 5.22. The summed E-state index contributed by atoms with van der Waals surface area (Å²) in [6.45, 7) is 4.30. The third-order valence-corrected chi connectivity index (χ3v) is 6.14. The van der Waals surface area contributed by atoms with E-state index in [1.54, 1.807) is 18.3 Å². The largest absolute Gasteiger partial charge is 0.351 e. The van der Waals surface area contributed by atoms with Gasteiger partial charge in [0.15, 0.2) is 5.11 Å². The third kappa shape index (κ3) is 4.42. The number of thiocarbonyl (C=S) groups is 1. The molecule has 7 nitrogen and oxygen atoms in total. The summed E-state index contributed by atoms with van der Waals surface area (Å²) >= 11 is 5.75. The Morgan fingerprint density at radius 2 is 1.84 bits per heavy atom. The minimum atomic E-state index is -3.34. The fraction of sp³-hybridized carbons (Fsp3) is 0.273. The lowest BCUT2D eigenvalue weighted by Gasteiger charge is -2.30. The lowest BCUT2D eigenvalue weighted by Crippen LogP contribution is -2.30. The van der Waals surface area contributed by atoms with Gasteiger partial charge < -0.3 is 14.8 Å². The number of anilines is 2. The number of nitrogens with zero attached hydrogens (tertiary/aromatic N) is 3. The smallest absolute Gasteiger partial charge is 0.229 e. The Morgan fingerprint density at radius 3 is 2.45 bits per heavy atom. The zero-order valence-corrected chi connectivity index (χ0v) is 19.2. The molecule has 3 aromatic rings. The summed E-state index contributed by atoms with van der Waals surface area (Å²) in [5.74, 6) is 0. The minimum Gasteiger partial charge on any atom is -0.351 e. The number of sulfonamides is 1. The van der Waals surface area contributed by atoms with Gasteiger partial charge in [-0.05, 0) is 74.6 Å². The molecule has 9 heteroatoms. The molecule has 2 atom stereocenters. The predicted octanol–water partition coefficient (Wildman–Crippen LogP) is 4.01. The van der Waals surface area contributed by atoms with E-state index >= 15 is 0 Å². The second kappa shape index (κ2) is 8.32. The fourth-order valence-electron chi connectivity index (χ4n) is 3.97. The standard InChI is InChI=1S/C22H25N5O2S2/c1-15(2)26-14-6-8-19(26)21-20(18-7-4-5-13-23-18)24-22(30)27(21)17-11-9-16(10-12-17)25-31(3,28)29/h4-15,20-21,25H,1-3H3,(H,24,30)/t20-,21+/m0/s1. The zero-order valence-electron chi connectivity index (χ0n) is 17.6. The first-order valence-corrected chi connectivity index (χ1v) is 12.3. The molecule has 1 aliphatic rings. The van der Waals surface area contributed by atoms with Crippen LogP contribution < -0.4 is 14.9 Å². The van der Waals surface area contributed by atoms with Crippen LogP contribution >= 0.6 is 12.2 Å². The van der Waals surface area contributed by atoms with Gasteiger partial charge in [-0.2, -0.15) is 0 Å². The SMILES string of the molecule is CC(C)n1cccc1[C@@H]1[C@H](c2ccccn2)NC(=S)N1c1ccc(NS(C)(=O)=O)cc1. The van der Waals surface area contributed by atoms with E-state index in [0.29, 0.717) is 10.8 Å². The maximum Gasteiger partial charge on any atom is 0.229 e. The van der Waals surface area contributed by atoms with Crippen LogP contribution in [0.25, 0.3) is 0 Å². The number of hydrogen-bond donors (Lipinski definition) is 2. The van der Waals surface area contributed by atoms with Crippen molar-refractivity contribution >= 4 is 38.7 Å². The maximum atomic E-state index is 11.5. The lowest BCUT2D eigenvalue weighted by molar-refractivity contribution is 0.497. The van der Waals surface area contributed by atoms with Gasteiger partial charge in [0.2, 0.25) is 10.0 Å². The molecule has 3 heterocycles. The van der Waals surface area contributed by atoms with Crippen LogP contribution in [0.15, 0.2) is 67.0 Å². The van der Waals surface area contributed by atoms with E-state index < -0.39 is 10.0 Å². The van der Waals surface area contributed by atoms with Gasteiger partial charge in [0, 0.05) is 35.5 Å². The Kier molecular flexibility index (Phi) is 5.72. The molecule has 0 aliphatic carbocycles. The van der Waals surface area contributed by atoms with E-state index in [0.717, 1.165) is 23.3 Å². The van der Waals surface area contributed by atoms with Gasteiger partial charge >= 0.3 is 0 Å². The van der Waals surface area contributed by atoms with Crippen LogP contribution in [0.1, 0.15) is 43.4 Å². The fourth-order valence-corrected chi connectivity index (χ4v) is 4.88. The Morgan fingerprint density at radius 1 is 1.10 bits per heavy atom. The molecule has 162 valence electrons. The summed E-state index contributed by atoms with van der Waals surface area (Å²) in [7, 11) is -3.34. The molecule has 0 spiro atoms. The highest BCUT2D eigenvalue weighted by atomic mass is 32.2. The summed E-state index contributed by atoms with van der Waals surface area (Å²) < 4.78 is 27.8. The van der Waals surface area contributed by atoms with Crippen molar-refractivity contribution in [2.24, 2.45) is 0 Å². The van der Waals surface area contributed by atoms with Crippen molar-refractivity contribution in [3.05, 3.63) is 78.4 Å². The quantitative estimate of drug-likeness (QED) is 0.547. The number of hydrogen-bond acceptors (Lipinski definition) is 4. The highest BCUT2D eigenvalue weighted by molar-refractivity contribution is 7.92. The minimum absolute atomic E-state index is 0.117. The molecule has 0 radical (unpaired) electrons. The van der Waals surface area contributed by atoms with Crippen molar-refractivity contribution in [2.75, 3.05) is 15.9 Å². The summed E-state index contributed by atoms with van der Waals surface area (Å²) in [5, 5.41) is 4.04. The summed E-state index contributed by atoms with van der Waals surface area (Å²) in [6, 6.07) is 17.3. The molecular formula is C22H25N5O2S2. The summed E-state index contributed by atoms with van der Waals surface area (Å²) in [4.78, 5) is 6.65. The predicted molar refractivity (Wildman–Crippen MR) is 128 cm³/mol. The first-order valence-electron chi connectivity index (χ1n) is 10.00.